The van der Waals surface area contributed by atoms with Gasteiger partial charge in [-0.05, 0) is 17.7 Å². The summed E-state index contributed by atoms with van der Waals surface area (Å²) in [6.07, 6.45) is 11.1. The molecule has 1 atom stereocenters. The molecule has 140 valence electrons. The predicted molar refractivity (Wildman–Crippen MR) is 109 cm³/mol. The normalized spacial score (nSPS) is 12.4. The first-order valence-corrected chi connectivity index (χ1v) is 9.85. The van der Waals surface area contributed by atoms with Gasteiger partial charge in [0.05, 0.1) is 30.4 Å². The van der Waals surface area contributed by atoms with E-state index in [-0.39, 0.29) is 6.04 Å². The highest BCUT2D eigenvalue weighted by atomic mass is 32.2. The van der Waals surface area contributed by atoms with Crippen LogP contribution in [0.25, 0.3) is 22.3 Å². The van der Waals surface area contributed by atoms with Gasteiger partial charge in [0.1, 0.15) is 12.0 Å². The molecular formula is C20H19N7S. The summed E-state index contributed by atoms with van der Waals surface area (Å²) in [5, 5.41) is 15.3. The Bertz CT molecular complexity index is 1140. The zero-order chi connectivity index (χ0) is 19.5. The van der Waals surface area contributed by atoms with Crippen molar-refractivity contribution in [1.29, 1.82) is 5.26 Å². The average molecular weight is 389 g/mol. The number of pyridine rings is 1. The van der Waals surface area contributed by atoms with Crippen LogP contribution in [0.2, 0.25) is 0 Å². The largest absolute Gasteiger partial charge is 0.346 e. The van der Waals surface area contributed by atoms with E-state index in [0.29, 0.717) is 11.7 Å². The van der Waals surface area contributed by atoms with Gasteiger partial charge in [-0.25, -0.2) is 9.97 Å². The fraction of sp³-hybridized carbons (Fsp3) is 0.250. The smallest absolute Gasteiger partial charge is 0.141 e. The molecule has 4 rings (SSSR count). The van der Waals surface area contributed by atoms with Crippen molar-refractivity contribution < 1.29 is 0 Å². The molecule has 0 bridgehead atoms. The number of aromatic nitrogens is 6. The molecule has 7 nitrogen and oxygen atoms in total. The van der Waals surface area contributed by atoms with Crippen LogP contribution >= 0.6 is 11.8 Å². The Morgan fingerprint density at radius 2 is 2.14 bits per heavy atom. The van der Waals surface area contributed by atoms with E-state index in [1.807, 2.05) is 35.5 Å². The minimum atomic E-state index is -0.206. The number of nitrogens with zero attached hydrogens (tertiary/aromatic N) is 6. The Labute approximate surface area is 166 Å². The molecule has 1 unspecified atom stereocenters. The van der Waals surface area contributed by atoms with Crippen LogP contribution in [0.4, 0.5) is 0 Å². The van der Waals surface area contributed by atoms with E-state index < -0.39 is 0 Å². The SMILES string of the molecule is CC(C)Sc1cncc(C(CC#N)n2cc(-c3ncnc4[nH]ccc34)cn2)c1. The number of nitriles is 1. The molecule has 28 heavy (non-hydrogen) atoms. The summed E-state index contributed by atoms with van der Waals surface area (Å²) in [5.41, 5.74) is 3.45. The third-order valence-electron chi connectivity index (χ3n) is 4.32. The van der Waals surface area contributed by atoms with Crippen molar-refractivity contribution in [3.05, 3.63) is 55.0 Å². The highest BCUT2D eigenvalue weighted by Crippen LogP contribution is 2.30. The second-order valence-corrected chi connectivity index (χ2v) is 8.32. The lowest BCUT2D eigenvalue weighted by Gasteiger charge is -2.16. The van der Waals surface area contributed by atoms with Gasteiger partial charge in [0.15, 0.2) is 0 Å². The Morgan fingerprint density at radius 3 is 2.96 bits per heavy atom. The molecule has 0 aliphatic carbocycles. The number of H-pyrrole nitrogens is 1. The van der Waals surface area contributed by atoms with Crippen LogP contribution in [0, 0.1) is 11.3 Å². The average Bonchev–Trinajstić information content (AvgIpc) is 3.35. The first-order valence-electron chi connectivity index (χ1n) is 8.97. The molecule has 0 aliphatic rings. The van der Waals surface area contributed by atoms with Gasteiger partial charge in [-0.15, -0.1) is 11.8 Å². The monoisotopic (exact) mass is 389 g/mol. The lowest BCUT2D eigenvalue weighted by Crippen LogP contribution is -2.11. The Balaban J connectivity index is 1.71. The van der Waals surface area contributed by atoms with Crippen molar-refractivity contribution in [3.63, 3.8) is 0 Å². The number of aromatic amines is 1. The molecule has 1 N–H and O–H groups in total. The summed E-state index contributed by atoms with van der Waals surface area (Å²) in [4.78, 5) is 17.2. The van der Waals surface area contributed by atoms with Gasteiger partial charge in [0.25, 0.3) is 0 Å². The van der Waals surface area contributed by atoms with Crippen molar-refractivity contribution in [1.82, 2.24) is 29.7 Å². The third kappa shape index (κ3) is 3.62. The number of rotatable bonds is 6. The molecule has 0 saturated carbocycles. The van der Waals surface area contributed by atoms with Gasteiger partial charge in [-0.3, -0.25) is 9.67 Å². The highest BCUT2D eigenvalue weighted by molar-refractivity contribution is 7.99. The molecule has 4 aromatic heterocycles. The molecule has 0 saturated heterocycles. The van der Waals surface area contributed by atoms with Crippen LogP contribution in [0.15, 0.2) is 54.3 Å². The third-order valence-corrected chi connectivity index (χ3v) is 5.29. The lowest BCUT2D eigenvalue weighted by molar-refractivity contribution is 0.530. The van der Waals surface area contributed by atoms with E-state index in [9.17, 15) is 5.26 Å². The number of hydrogen-bond acceptors (Lipinski definition) is 6. The Morgan fingerprint density at radius 1 is 1.25 bits per heavy atom. The number of fused-ring (bicyclic) bond motifs is 1. The van der Waals surface area contributed by atoms with Crippen LogP contribution in [0.5, 0.6) is 0 Å². The molecule has 0 fully saturated rings. The van der Waals surface area contributed by atoms with Crippen molar-refractivity contribution in [2.24, 2.45) is 0 Å². The van der Waals surface area contributed by atoms with Crippen molar-refractivity contribution >= 4 is 22.8 Å². The minimum absolute atomic E-state index is 0.206. The van der Waals surface area contributed by atoms with Crippen LogP contribution in [-0.2, 0) is 0 Å². The van der Waals surface area contributed by atoms with Gasteiger partial charge in [0.2, 0.25) is 0 Å². The first-order chi connectivity index (χ1) is 13.7. The highest BCUT2D eigenvalue weighted by Gasteiger charge is 2.18. The molecule has 0 radical (unpaired) electrons. The maximum atomic E-state index is 9.37. The van der Waals surface area contributed by atoms with Crippen molar-refractivity contribution in [2.75, 3.05) is 0 Å². The van der Waals surface area contributed by atoms with E-state index in [4.69, 9.17) is 0 Å². The molecule has 0 amide bonds. The van der Waals surface area contributed by atoms with Gasteiger partial charge in [-0.1, -0.05) is 13.8 Å². The summed E-state index contributed by atoms with van der Waals surface area (Å²) in [6, 6.07) is 6.11. The fourth-order valence-corrected chi connectivity index (χ4v) is 4.01. The standard InChI is InChI=1S/C20H19N7S/c1-13(2)28-16-7-14(8-22-10-16)18(3-5-21)27-11-15(9-26-27)19-17-4-6-23-20(17)25-12-24-19/h4,6-13,18H,3H2,1-2H3,(H,23,24,25). The molecule has 0 aromatic carbocycles. The van der Waals surface area contributed by atoms with Gasteiger partial charge >= 0.3 is 0 Å². The summed E-state index contributed by atoms with van der Waals surface area (Å²) >= 11 is 1.75. The van der Waals surface area contributed by atoms with E-state index >= 15 is 0 Å². The zero-order valence-corrected chi connectivity index (χ0v) is 16.4. The molecule has 8 heteroatoms. The molecule has 0 aliphatic heterocycles. The van der Waals surface area contributed by atoms with E-state index in [1.54, 1.807) is 18.0 Å². The summed E-state index contributed by atoms with van der Waals surface area (Å²) in [5.74, 6) is 0. The molecule has 0 spiro atoms. The number of thioether (sulfide) groups is 1. The van der Waals surface area contributed by atoms with Crippen molar-refractivity contribution in [2.45, 2.75) is 36.5 Å². The fourth-order valence-electron chi connectivity index (χ4n) is 3.14. The molecule has 4 heterocycles. The predicted octanol–water partition coefficient (Wildman–Crippen LogP) is 4.22. The zero-order valence-electron chi connectivity index (χ0n) is 15.6. The van der Waals surface area contributed by atoms with Crippen LogP contribution in [0.1, 0.15) is 31.9 Å². The molecule has 4 aromatic rings. The summed E-state index contributed by atoms with van der Waals surface area (Å²) in [7, 11) is 0. The number of hydrogen-bond donors (Lipinski definition) is 1. The van der Waals surface area contributed by atoms with E-state index in [1.165, 1.54) is 6.33 Å². The summed E-state index contributed by atoms with van der Waals surface area (Å²) < 4.78 is 1.82. The minimum Gasteiger partial charge on any atom is -0.346 e. The van der Waals surface area contributed by atoms with Crippen LogP contribution in [0.3, 0.4) is 0 Å². The number of nitrogens with one attached hydrogen (secondary N) is 1. The van der Waals surface area contributed by atoms with E-state index in [0.717, 1.165) is 32.7 Å². The first kappa shape index (κ1) is 18.2. The second kappa shape index (κ2) is 7.82. The maximum Gasteiger partial charge on any atom is 0.141 e. The van der Waals surface area contributed by atoms with Gasteiger partial charge in [0, 0.05) is 45.9 Å². The lowest BCUT2D eigenvalue weighted by atomic mass is 10.1. The van der Waals surface area contributed by atoms with Crippen molar-refractivity contribution in [3.8, 4) is 17.3 Å². The van der Waals surface area contributed by atoms with E-state index in [2.05, 4.69) is 51.0 Å². The molecular weight excluding hydrogens is 370 g/mol. The summed E-state index contributed by atoms with van der Waals surface area (Å²) in [6.45, 7) is 4.29. The van der Waals surface area contributed by atoms with Gasteiger partial charge < -0.3 is 4.98 Å². The van der Waals surface area contributed by atoms with Crippen LogP contribution < -0.4 is 0 Å². The van der Waals surface area contributed by atoms with Crippen LogP contribution in [-0.4, -0.2) is 35.0 Å². The second-order valence-electron chi connectivity index (χ2n) is 6.67. The topological polar surface area (TPSA) is 96.1 Å². The quantitative estimate of drug-likeness (QED) is 0.496. The Kier molecular flexibility index (Phi) is 5.08. The maximum absolute atomic E-state index is 9.37. The van der Waals surface area contributed by atoms with Gasteiger partial charge in [-0.2, -0.15) is 10.4 Å². The Hall–Kier alpha value is -3.18.